The Balaban J connectivity index is 2.95. The second-order valence-electron chi connectivity index (χ2n) is 3.14. The monoisotopic (exact) mass is 193 g/mol. The van der Waals surface area contributed by atoms with Gasteiger partial charge in [-0.1, -0.05) is 12.1 Å². The molecule has 1 aromatic carbocycles. The van der Waals surface area contributed by atoms with Gasteiger partial charge in [0, 0.05) is 7.05 Å². The number of nitrogens with two attached hydrogens (primary N) is 2. The maximum absolute atomic E-state index is 10.4. The van der Waals surface area contributed by atoms with E-state index in [0.717, 1.165) is 17.5 Å². The molecule has 0 heterocycles. The number of para-hydroxylation sites is 1. The highest BCUT2D eigenvalue weighted by Gasteiger charge is 2.08. The SMILES string of the molecule is CNc1c(N)cccc1CC(N)C=O. The number of carbonyl (C=O) groups excluding carboxylic acids is 1. The quantitative estimate of drug-likeness (QED) is 0.477. The van der Waals surface area contributed by atoms with E-state index in [0.29, 0.717) is 12.1 Å². The van der Waals surface area contributed by atoms with Crippen LogP contribution in [0.3, 0.4) is 0 Å². The Morgan fingerprint density at radius 2 is 2.29 bits per heavy atom. The third kappa shape index (κ3) is 2.23. The molecule has 0 spiro atoms. The molecule has 14 heavy (non-hydrogen) atoms. The van der Waals surface area contributed by atoms with Crippen molar-refractivity contribution in [3.8, 4) is 0 Å². The second-order valence-corrected chi connectivity index (χ2v) is 3.14. The Morgan fingerprint density at radius 3 is 2.86 bits per heavy atom. The van der Waals surface area contributed by atoms with Crippen LogP contribution in [-0.4, -0.2) is 19.4 Å². The molecule has 0 aliphatic rings. The van der Waals surface area contributed by atoms with Gasteiger partial charge in [-0.05, 0) is 18.1 Å². The van der Waals surface area contributed by atoms with Gasteiger partial charge in [0.25, 0.3) is 0 Å². The third-order valence-electron chi connectivity index (χ3n) is 2.06. The molecule has 0 radical (unpaired) electrons. The first kappa shape index (κ1) is 10.5. The summed E-state index contributed by atoms with van der Waals surface area (Å²) < 4.78 is 0. The number of nitrogen functional groups attached to an aromatic ring is 1. The summed E-state index contributed by atoms with van der Waals surface area (Å²) in [6.07, 6.45) is 1.24. The molecule has 0 fully saturated rings. The molecule has 1 unspecified atom stereocenters. The van der Waals surface area contributed by atoms with E-state index in [-0.39, 0.29) is 0 Å². The fourth-order valence-corrected chi connectivity index (χ4v) is 1.40. The van der Waals surface area contributed by atoms with Crippen LogP contribution in [0.15, 0.2) is 18.2 Å². The first-order valence-electron chi connectivity index (χ1n) is 4.45. The Bertz CT molecular complexity index is 325. The van der Waals surface area contributed by atoms with Gasteiger partial charge >= 0.3 is 0 Å². The van der Waals surface area contributed by atoms with Gasteiger partial charge in [0.1, 0.15) is 6.29 Å². The van der Waals surface area contributed by atoms with Crippen molar-refractivity contribution in [2.75, 3.05) is 18.1 Å². The lowest BCUT2D eigenvalue weighted by Gasteiger charge is -2.12. The molecule has 0 aliphatic heterocycles. The van der Waals surface area contributed by atoms with Crippen LogP contribution in [0, 0.1) is 0 Å². The maximum Gasteiger partial charge on any atom is 0.137 e. The number of anilines is 2. The Morgan fingerprint density at radius 1 is 1.57 bits per heavy atom. The number of benzene rings is 1. The van der Waals surface area contributed by atoms with Crippen molar-refractivity contribution in [1.29, 1.82) is 0 Å². The predicted molar refractivity (Wildman–Crippen MR) is 58.1 cm³/mol. The smallest absolute Gasteiger partial charge is 0.137 e. The molecule has 4 nitrogen and oxygen atoms in total. The predicted octanol–water partition coefficient (Wildman–Crippen LogP) is 0.379. The van der Waals surface area contributed by atoms with Crippen LogP contribution >= 0.6 is 0 Å². The molecular weight excluding hydrogens is 178 g/mol. The van der Waals surface area contributed by atoms with E-state index in [2.05, 4.69) is 5.32 Å². The Kier molecular flexibility index (Phi) is 3.48. The van der Waals surface area contributed by atoms with Crippen molar-refractivity contribution in [2.24, 2.45) is 5.73 Å². The van der Waals surface area contributed by atoms with E-state index < -0.39 is 6.04 Å². The summed E-state index contributed by atoms with van der Waals surface area (Å²) in [5, 5.41) is 3.00. The molecule has 1 atom stereocenters. The molecule has 5 N–H and O–H groups in total. The molecule has 76 valence electrons. The van der Waals surface area contributed by atoms with Gasteiger partial charge in [0.15, 0.2) is 0 Å². The van der Waals surface area contributed by atoms with E-state index in [1.54, 1.807) is 7.05 Å². The summed E-state index contributed by atoms with van der Waals surface area (Å²) in [5.74, 6) is 0. The fraction of sp³-hybridized carbons (Fsp3) is 0.300. The zero-order valence-electron chi connectivity index (χ0n) is 8.16. The average Bonchev–Trinajstić information content (AvgIpc) is 2.18. The first-order valence-corrected chi connectivity index (χ1v) is 4.45. The van der Waals surface area contributed by atoms with Crippen LogP contribution in [0.4, 0.5) is 11.4 Å². The second kappa shape index (κ2) is 4.62. The number of carbonyl (C=O) groups is 1. The van der Waals surface area contributed by atoms with Crippen molar-refractivity contribution in [3.63, 3.8) is 0 Å². The highest BCUT2D eigenvalue weighted by Crippen LogP contribution is 2.23. The molecule has 0 aromatic heterocycles. The van der Waals surface area contributed by atoms with Gasteiger partial charge in [-0.15, -0.1) is 0 Å². The first-order chi connectivity index (χ1) is 6.69. The van der Waals surface area contributed by atoms with Gasteiger partial charge in [-0.25, -0.2) is 0 Å². The van der Waals surface area contributed by atoms with Crippen LogP contribution in [0.1, 0.15) is 5.56 Å². The van der Waals surface area contributed by atoms with Gasteiger partial charge in [-0.2, -0.15) is 0 Å². The van der Waals surface area contributed by atoms with Crippen LogP contribution < -0.4 is 16.8 Å². The van der Waals surface area contributed by atoms with Crippen molar-refractivity contribution in [3.05, 3.63) is 23.8 Å². The minimum Gasteiger partial charge on any atom is -0.397 e. The molecule has 0 amide bonds. The number of rotatable bonds is 4. The number of nitrogens with one attached hydrogen (secondary N) is 1. The molecule has 0 bridgehead atoms. The number of hydrogen-bond acceptors (Lipinski definition) is 4. The topological polar surface area (TPSA) is 81.1 Å². The van der Waals surface area contributed by atoms with E-state index in [1.165, 1.54) is 0 Å². The van der Waals surface area contributed by atoms with Crippen LogP contribution in [-0.2, 0) is 11.2 Å². The Labute approximate surface area is 83.3 Å². The van der Waals surface area contributed by atoms with Crippen LogP contribution in [0.2, 0.25) is 0 Å². The minimum atomic E-state index is -0.469. The highest BCUT2D eigenvalue weighted by atomic mass is 16.1. The lowest BCUT2D eigenvalue weighted by atomic mass is 10.0. The zero-order valence-corrected chi connectivity index (χ0v) is 8.16. The number of hydrogen-bond donors (Lipinski definition) is 3. The highest BCUT2D eigenvalue weighted by molar-refractivity contribution is 5.71. The van der Waals surface area contributed by atoms with E-state index in [1.807, 2.05) is 18.2 Å². The van der Waals surface area contributed by atoms with Gasteiger partial charge in [0.05, 0.1) is 17.4 Å². The zero-order chi connectivity index (χ0) is 10.6. The van der Waals surface area contributed by atoms with Crippen molar-refractivity contribution >= 4 is 17.7 Å². The van der Waals surface area contributed by atoms with Gasteiger partial charge in [-0.3, -0.25) is 0 Å². The summed E-state index contributed by atoms with van der Waals surface area (Å²) in [5.41, 5.74) is 13.8. The molecule has 0 saturated heterocycles. The molecule has 4 heteroatoms. The molecule has 0 aliphatic carbocycles. The summed E-state index contributed by atoms with van der Waals surface area (Å²) in [6.45, 7) is 0. The summed E-state index contributed by atoms with van der Waals surface area (Å²) in [7, 11) is 1.79. The molecule has 0 saturated carbocycles. The average molecular weight is 193 g/mol. The van der Waals surface area contributed by atoms with Crippen molar-refractivity contribution in [2.45, 2.75) is 12.5 Å². The van der Waals surface area contributed by atoms with E-state index in [4.69, 9.17) is 11.5 Å². The maximum atomic E-state index is 10.4. The lowest BCUT2D eigenvalue weighted by molar-refractivity contribution is -0.108. The number of aldehydes is 1. The van der Waals surface area contributed by atoms with E-state index in [9.17, 15) is 4.79 Å². The fourth-order valence-electron chi connectivity index (χ4n) is 1.40. The molecule has 1 aromatic rings. The lowest BCUT2D eigenvalue weighted by Crippen LogP contribution is -2.24. The Hall–Kier alpha value is -1.55. The van der Waals surface area contributed by atoms with Crippen LogP contribution in [0.25, 0.3) is 0 Å². The summed E-state index contributed by atoms with van der Waals surface area (Å²) in [4.78, 5) is 10.4. The summed E-state index contributed by atoms with van der Waals surface area (Å²) in [6, 6.07) is 5.10. The molecular formula is C10H15N3O. The van der Waals surface area contributed by atoms with Crippen molar-refractivity contribution in [1.82, 2.24) is 0 Å². The van der Waals surface area contributed by atoms with Gasteiger partial charge < -0.3 is 21.6 Å². The summed E-state index contributed by atoms with van der Waals surface area (Å²) >= 11 is 0. The standard InChI is InChI=1S/C10H15N3O/c1-13-10-7(5-8(11)6-14)3-2-4-9(10)12/h2-4,6,8,13H,5,11-12H2,1H3. The van der Waals surface area contributed by atoms with Crippen LogP contribution in [0.5, 0.6) is 0 Å². The van der Waals surface area contributed by atoms with Gasteiger partial charge in [0.2, 0.25) is 0 Å². The largest absolute Gasteiger partial charge is 0.397 e. The third-order valence-corrected chi connectivity index (χ3v) is 2.06. The van der Waals surface area contributed by atoms with Crippen molar-refractivity contribution < 1.29 is 4.79 Å². The normalized spacial score (nSPS) is 12.1. The van der Waals surface area contributed by atoms with E-state index >= 15 is 0 Å². The minimum absolute atomic E-state index is 0.469. The molecule has 1 rings (SSSR count).